The summed E-state index contributed by atoms with van der Waals surface area (Å²) < 4.78 is 106. The highest BCUT2D eigenvalue weighted by Crippen LogP contribution is 2.36. The average Bonchev–Trinajstić information content (AvgIpc) is 3.48. The van der Waals surface area contributed by atoms with Gasteiger partial charge < -0.3 is 9.64 Å². The fraction of sp³-hybridized carbons (Fsp3) is 0.471. The number of sulfonamides is 1. The SMILES string of the molecule is C[Si](C)(C)CCOCn1nnc2ccc(N(Cc3ccc(C4CCCCC4)cn3)C(=O)C3CCN3S(=O)(=O)c3c(F)c(F)c(F)c(F)c3F)cc21. The lowest BCUT2D eigenvalue weighted by molar-refractivity contribution is -0.125. The standard InChI is InChI=1S/C34H39F5N6O4SSi/c1-51(2,3)16-15-49-20-44-27-17-24(11-12-25(27)41-42-44)43(19-23-10-9-22(18-40-23)21-7-5-4-6-8-21)34(46)26-13-14-45(26)50(47,48)33-31(38)29(36)28(35)30(37)32(33)39/h9-12,17-18,21,26H,4-8,13-16,19-20H2,1-3H3. The summed E-state index contributed by atoms with van der Waals surface area (Å²) in [6.45, 7) is 6.82. The van der Waals surface area contributed by atoms with E-state index in [0.717, 1.165) is 37.3 Å². The number of fused-ring (bicyclic) bond motifs is 1. The zero-order valence-electron chi connectivity index (χ0n) is 28.5. The minimum absolute atomic E-state index is 0.0648. The van der Waals surface area contributed by atoms with E-state index in [1.165, 1.54) is 16.0 Å². The van der Waals surface area contributed by atoms with Gasteiger partial charge in [0.2, 0.25) is 21.7 Å². The number of amides is 1. The summed E-state index contributed by atoms with van der Waals surface area (Å²) in [7, 11) is -6.69. The number of halogens is 5. The minimum atomic E-state index is -5.35. The molecule has 1 saturated heterocycles. The topological polar surface area (TPSA) is 111 Å². The molecule has 2 aromatic heterocycles. The Morgan fingerprint density at radius 1 is 0.941 bits per heavy atom. The first-order valence-corrected chi connectivity index (χ1v) is 22.0. The fourth-order valence-corrected chi connectivity index (χ4v) is 8.92. The Kier molecular flexibility index (Phi) is 10.6. The summed E-state index contributed by atoms with van der Waals surface area (Å²) in [5, 5.41) is 8.37. The maximum absolute atomic E-state index is 14.7. The molecule has 10 nitrogen and oxygen atoms in total. The van der Waals surface area contributed by atoms with Gasteiger partial charge in [-0.2, -0.15) is 4.31 Å². The number of pyridine rings is 1. The third kappa shape index (κ3) is 7.57. The number of anilines is 1. The van der Waals surface area contributed by atoms with Crippen LogP contribution in [0, 0.1) is 29.1 Å². The highest BCUT2D eigenvalue weighted by molar-refractivity contribution is 7.89. The molecule has 1 amide bonds. The molecule has 0 N–H and O–H groups in total. The lowest BCUT2D eigenvalue weighted by Gasteiger charge is -2.41. The first-order valence-electron chi connectivity index (χ1n) is 16.9. The average molecular weight is 751 g/mol. The second-order valence-electron chi connectivity index (χ2n) is 14.3. The highest BCUT2D eigenvalue weighted by atomic mass is 32.2. The van der Waals surface area contributed by atoms with Gasteiger partial charge in [0.15, 0.2) is 28.2 Å². The van der Waals surface area contributed by atoms with Crippen LogP contribution in [0.3, 0.4) is 0 Å². The van der Waals surface area contributed by atoms with Crippen LogP contribution in [-0.4, -0.2) is 65.9 Å². The largest absolute Gasteiger partial charge is 0.359 e. The molecule has 2 fully saturated rings. The summed E-state index contributed by atoms with van der Waals surface area (Å²) in [5.41, 5.74) is 2.92. The van der Waals surface area contributed by atoms with E-state index < -0.39 is 64.0 Å². The highest BCUT2D eigenvalue weighted by Gasteiger charge is 2.48. The smallest absolute Gasteiger partial charge is 0.249 e. The zero-order valence-corrected chi connectivity index (χ0v) is 30.3. The molecule has 51 heavy (non-hydrogen) atoms. The summed E-state index contributed by atoms with van der Waals surface area (Å²) >= 11 is 0. The van der Waals surface area contributed by atoms with Gasteiger partial charge in [-0.25, -0.2) is 35.1 Å². The molecule has 17 heteroatoms. The van der Waals surface area contributed by atoms with Crippen LogP contribution in [0.15, 0.2) is 41.4 Å². The quantitative estimate of drug-likeness (QED) is 0.0511. The summed E-state index contributed by atoms with van der Waals surface area (Å²) in [4.78, 5) is 18.2. The number of rotatable bonds is 12. The van der Waals surface area contributed by atoms with Crippen molar-refractivity contribution in [3.05, 3.63) is 76.9 Å². The van der Waals surface area contributed by atoms with Crippen molar-refractivity contribution in [1.82, 2.24) is 24.3 Å². The van der Waals surface area contributed by atoms with Gasteiger partial charge in [-0.15, -0.1) is 5.10 Å². The second-order valence-corrected chi connectivity index (χ2v) is 21.7. The molecule has 0 spiro atoms. The van der Waals surface area contributed by atoms with Crippen molar-refractivity contribution in [2.45, 2.75) is 94.3 Å². The van der Waals surface area contributed by atoms with Crippen molar-refractivity contribution in [2.75, 3.05) is 18.1 Å². The lowest BCUT2D eigenvalue weighted by Crippen LogP contribution is -2.59. The molecule has 3 heterocycles. The Bertz CT molecular complexity index is 2010. The van der Waals surface area contributed by atoms with Crippen LogP contribution in [0.5, 0.6) is 0 Å². The molecule has 274 valence electrons. The summed E-state index contributed by atoms with van der Waals surface area (Å²) in [5.74, 6) is -12.7. The molecule has 0 radical (unpaired) electrons. The van der Waals surface area contributed by atoms with Crippen molar-refractivity contribution in [1.29, 1.82) is 0 Å². The van der Waals surface area contributed by atoms with Crippen molar-refractivity contribution in [3.63, 3.8) is 0 Å². The van der Waals surface area contributed by atoms with Gasteiger partial charge in [-0.3, -0.25) is 9.78 Å². The monoisotopic (exact) mass is 750 g/mol. The molecular weight excluding hydrogens is 712 g/mol. The molecule has 1 unspecified atom stereocenters. The lowest BCUT2D eigenvalue weighted by atomic mass is 9.85. The van der Waals surface area contributed by atoms with Gasteiger partial charge >= 0.3 is 0 Å². The molecule has 2 aromatic carbocycles. The molecule has 2 aliphatic rings. The van der Waals surface area contributed by atoms with Gasteiger partial charge in [0.25, 0.3) is 0 Å². The maximum Gasteiger partial charge on any atom is 0.249 e. The molecule has 0 bridgehead atoms. The van der Waals surface area contributed by atoms with E-state index in [1.54, 1.807) is 30.5 Å². The number of carbonyl (C=O) groups excluding carboxylic acids is 1. The van der Waals surface area contributed by atoms with Crippen LogP contribution in [0.1, 0.15) is 55.7 Å². The van der Waals surface area contributed by atoms with Gasteiger partial charge in [0.05, 0.1) is 17.8 Å². The van der Waals surface area contributed by atoms with Crippen molar-refractivity contribution >= 4 is 40.7 Å². The predicted molar refractivity (Wildman–Crippen MR) is 181 cm³/mol. The Hall–Kier alpha value is -3.80. The van der Waals surface area contributed by atoms with Crippen LogP contribution < -0.4 is 4.90 Å². The number of hydrogen-bond donors (Lipinski definition) is 0. The third-order valence-electron chi connectivity index (χ3n) is 9.52. The Morgan fingerprint density at radius 2 is 1.63 bits per heavy atom. The zero-order chi connectivity index (χ0) is 36.7. The van der Waals surface area contributed by atoms with Crippen molar-refractivity contribution in [3.8, 4) is 0 Å². The molecule has 1 aliphatic heterocycles. The van der Waals surface area contributed by atoms with E-state index in [1.807, 2.05) is 6.07 Å². The van der Waals surface area contributed by atoms with Gasteiger partial charge in [-0.1, -0.05) is 50.2 Å². The first-order chi connectivity index (χ1) is 24.2. The van der Waals surface area contributed by atoms with Crippen molar-refractivity contribution < 1.29 is 39.9 Å². The number of nitrogens with zero attached hydrogens (tertiary/aromatic N) is 6. The molecule has 4 aromatic rings. The van der Waals surface area contributed by atoms with Gasteiger partial charge in [0.1, 0.15) is 18.3 Å². The van der Waals surface area contributed by atoms with E-state index in [0.29, 0.717) is 39.2 Å². The minimum Gasteiger partial charge on any atom is -0.359 e. The van der Waals surface area contributed by atoms with Crippen molar-refractivity contribution in [2.24, 2.45) is 0 Å². The van der Waals surface area contributed by atoms with E-state index in [9.17, 15) is 35.2 Å². The maximum atomic E-state index is 14.7. The van der Waals surface area contributed by atoms with E-state index >= 15 is 0 Å². The van der Waals surface area contributed by atoms with Crippen LogP contribution in [0.2, 0.25) is 25.7 Å². The summed E-state index contributed by atoms with van der Waals surface area (Å²) in [6, 6.07) is 8.08. The first kappa shape index (κ1) is 37.0. The van der Waals surface area contributed by atoms with Gasteiger partial charge in [0, 0.05) is 33.1 Å². The Labute approximate surface area is 293 Å². The third-order valence-corrected chi connectivity index (χ3v) is 13.2. The number of carbonyl (C=O) groups is 1. The second kappa shape index (κ2) is 14.7. The van der Waals surface area contributed by atoms with E-state index in [-0.39, 0.29) is 26.2 Å². The molecule has 1 atom stereocenters. The number of hydrogen-bond acceptors (Lipinski definition) is 7. The van der Waals surface area contributed by atoms with E-state index in [4.69, 9.17) is 4.74 Å². The number of benzene rings is 2. The normalized spacial score (nSPS) is 17.5. The fourth-order valence-electron chi connectivity index (χ4n) is 6.42. The number of ether oxygens (including phenoxy) is 1. The molecular formula is C34H39F5N6O4SSi. The van der Waals surface area contributed by atoms with Crippen LogP contribution in [0.25, 0.3) is 11.0 Å². The Balaban J connectivity index is 1.32. The van der Waals surface area contributed by atoms with Gasteiger partial charge in [-0.05, 0) is 61.1 Å². The van der Waals surface area contributed by atoms with Crippen LogP contribution >= 0.6 is 0 Å². The van der Waals surface area contributed by atoms with E-state index in [2.05, 4.69) is 34.9 Å². The van der Waals surface area contributed by atoms with Crippen LogP contribution in [-0.2, 0) is 32.8 Å². The van der Waals surface area contributed by atoms with Crippen LogP contribution in [0.4, 0.5) is 27.6 Å². The predicted octanol–water partition coefficient (Wildman–Crippen LogP) is 6.88. The Morgan fingerprint density at radius 3 is 2.24 bits per heavy atom. The number of aromatic nitrogens is 4. The molecule has 1 saturated carbocycles. The summed E-state index contributed by atoms with van der Waals surface area (Å²) in [6.07, 6.45) is 7.30. The molecule has 1 aliphatic carbocycles. The molecule has 6 rings (SSSR count).